The van der Waals surface area contributed by atoms with Crippen LogP contribution in [-0.2, 0) is 0 Å². The number of para-hydroxylation sites is 1. The van der Waals surface area contributed by atoms with Gasteiger partial charge < -0.3 is 10.2 Å². The molecule has 4 heteroatoms. The molecule has 0 spiro atoms. The van der Waals surface area contributed by atoms with E-state index < -0.39 is 5.91 Å². The molecule has 20 heavy (non-hydrogen) atoms. The molecule has 0 atom stereocenters. The number of carbonyl (C=O) groups is 1. The van der Waals surface area contributed by atoms with E-state index in [1.807, 2.05) is 48.5 Å². The van der Waals surface area contributed by atoms with Crippen LogP contribution in [0, 0.1) is 0 Å². The molecular formula is C16H10N2O2. The summed E-state index contributed by atoms with van der Waals surface area (Å²) in [5.41, 5.74) is 7.84. The molecule has 0 aliphatic carbocycles. The second-order valence-electron chi connectivity index (χ2n) is 4.65. The number of furan rings is 1. The highest BCUT2D eigenvalue weighted by Crippen LogP contribution is 2.33. The number of hydrogen-bond donors (Lipinski definition) is 1. The number of carbonyl (C=O) groups excluding carboxylic acids is 1. The van der Waals surface area contributed by atoms with Gasteiger partial charge in [0.1, 0.15) is 16.8 Å². The Hall–Kier alpha value is -2.88. The SMILES string of the molecule is NC(=O)c1nc2c3ccccc3oc2c2ccccc12. The second kappa shape index (κ2) is 3.81. The zero-order valence-electron chi connectivity index (χ0n) is 10.5. The lowest BCUT2D eigenvalue weighted by Crippen LogP contribution is -2.13. The first-order chi connectivity index (χ1) is 9.75. The standard InChI is InChI=1S/C16H10N2O2/c17-16(19)14-9-5-1-2-6-10(9)15-13(18-14)11-7-3-4-8-12(11)20-15/h1-8H,(H2,17,19). The third kappa shape index (κ3) is 1.36. The molecule has 0 saturated carbocycles. The van der Waals surface area contributed by atoms with E-state index >= 15 is 0 Å². The van der Waals surface area contributed by atoms with Gasteiger partial charge in [0.05, 0.1) is 0 Å². The number of amides is 1. The highest BCUT2D eigenvalue weighted by Gasteiger charge is 2.16. The van der Waals surface area contributed by atoms with E-state index in [2.05, 4.69) is 4.98 Å². The average molecular weight is 262 g/mol. The van der Waals surface area contributed by atoms with Crippen molar-refractivity contribution >= 4 is 38.7 Å². The lowest BCUT2D eigenvalue weighted by atomic mass is 10.1. The van der Waals surface area contributed by atoms with E-state index in [-0.39, 0.29) is 5.69 Å². The molecule has 2 aromatic carbocycles. The molecule has 0 radical (unpaired) electrons. The highest BCUT2D eigenvalue weighted by molar-refractivity contribution is 6.17. The zero-order chi connectivity index (χ0) is 13.7. The van der Waals surface area contributed by atoms with Crippen LogP contribution in [0.1, 0.15) is 10.5 Å². The fourth-order valence-electron chi connectivity index (χ4n) is 2.57. The second-order valence-corrected chi connectivity index (χ2v) is 4.65. The van der Waals surface area contributed by atoms with Gasteiger partial charge in [0, 0.05) is 16.2 Å². The van der Waals surface area contributed by atoms with Gasteiger partial charge in [0.2, 0.25) is 0 Å². The van der Waals surface area contributed by atoms with Gasteiger partial charge >= 0.3 is 0 Å². The van der Waals surface area contributed by atoms with Crippen molar-refractivity contribution in [2.24, 2.45) is 5.73 Å². The molecule has 2 heterocycles. The number of aromatic nitrogens is 1. The lowest BCUT2D eigenvalue weighted by Gasteiger charge is -2.03. The molecule has 4 aromatic rings. The number of primary amides is 1. The Morgan fingerprint density at radius 3 is 2.35 bits per heavy atom. The maximum atomic E-state index is 11.6. The summed E-state index contributed by atoms with van der Waals surface area (Å²) in [6.45, 7) is 0. The van der Waals surface area contributed by atoms with E-state index in [1.54, 1.807) is 0 Å². The van der Waals surface area contributed by atoms with Crippen molar-refractivity contribution in [3.05, 3.63) is 54.2 Å². The summed E-state index contributed by atoms with van der Waals surface area (Å²) in [4.78, 5) is 16.1. The average Bonchev–Trinajstić information content (AvgIpc) is 2.85. The van der Waals surface area contributed by atoms with Gasteiger partial charge in [-0.15, -0.1) is 0 Å². The molecular weight excluding hydrogens is 252 g/mol. The first-order valence-corrected chi connectivity index (χ1v) is 6.25. The van der Waals surface area contributed by atoms with Gasteiger partial charge in [-0.3, -0.25) is 4.79 Å². The van der Waals surface area contributed by atoms with Crippen molar-refractivity contribution in [3.63, 3.8) is 0 Å². The highest BCUT2D eigenvalue weighted by atomic mass is 16.3. The third-order valence-electron chi connectivity index (χ3n) is 3.45. The molecule has 0 aliphatic heterocycles. The molecule has 2 aromatic heterocycles. The molecule has 0 saturated heterocycles. The topological polar surface area (TPSA) is 69.1 Å². The van der Waals surface area contributed by atoms with Gasteiger partial charge in [0.25, 0.3) is 5.91 Å². The molecule has 0 bridgehead atoms. The number of hydrogen-bond acceptors (Lipinski definition) is 3. The van der Waals surface area contributed by atoms with Crippen molar-refractivity contribution in [1.29, 1.82) is 0 Å². The van der Waals surface area contributed by atoms with E-state index in [0.29, 0.717) is 16.5 Å². The fraction of sp³-hybridized carbons (Fsp3) is 0. The van der Waals surface area contributed by atoms with Crippen LogP contribution in [0.2, 0.25) is 0 Å². The van der Waals surface area contributed by atoms with Gasteiger partial charge in [-0.1, -0.05) is 36.4 Å². The normalized spacial score (nSPS) is 11.4. The van der Waals surface area contributed by atoms with Crippen LogP contribution < -0.4 is 5.73 Å². The minimum atomic E-state index is -0.534. The molecule has 0 fully saturated rings. The molecule has 0 unspecified atom stereocenters. The Morgan fingerprint density at radius 2 is 1.60 bits per heavy atom. The molecule has 1 amide bonds. The van der Waals surface area contributed by atoms with Crippen molar-refractivity contribution < 1.29 is 9.21 Å². The Labute approximate surface area is 113 Å². The van der Waals surface area contributed by atoms with Crippen molar-refractivity contribution in [2.75, 3.05) is 0 Å². The number of benzene rings is 2. The van der Waals surface area contributed by atoms with Crippen molar-refractivity contribution in [3.8, 4) is 0 Å². The van der Waals surface area contributed by atoms with Crippen LogP contribution >= 0.6 is 0 Å². The van der Waals surface area contributed by atoms with Crippen LogP contribution in [0.5, 0.6) is 0 Å². The first-order valence-electron chi connectivity index (χ1n) is 6.25. The number of nitrogens with zero attached hydrogens (tertiary/aromatic N) is 1. The van der Waals surface area contributed by atoms with Gasteiger partial charge in [0.15, 0.2) is 5.58 Å². The Morgan fingerprint density at radius 1 is 0.950 bits per heavy atom. The summed E-state index contributed by atoms with van der Waals surface area (Å²) in [6, 6.07) is 15.1. The van der Waals surface area contributed by atoms with Gasteiger partial charge in [-0.25, -0.2) is 4.98 Å². The summed E-state index contributed by atoms with van der Waals surface area (Å²) >= 11 is 0. The summed E-state index contributed by atoms with van der Waals surface area (Å²) in [7, 11) is 0. The Kier molecular flexibility index (Phi) is 2.09. The maximum Gasteiger partial charge on any atom is 0.267 e. The van der Waals surface area contributed by atoms with Crippen molar-refractivity contribution in [1.82, 2.24) is 4.98 Å². The van der Waals surface area contributed by atoms with E-state index in [9.17, 15) is 4.79 Å². The number of rotatable bonds is 1. The van der Waals surface area contributed by atoms with Crippen LogP contribution in [0.25, 0.3) is 32.8 Å². The smallest absolute Gasteiger partial charge is 0.267 e. The lowest BCUT2D eigenvalue weighted by molar-refractivity contribution is 0.0997. The molecule has 4 nitrogen and oxygen atoms in total. The van der Waals surface area contributed by atoms with E-state index in [1.165, 1.54) is 0 Å². The monoisotopic (exact) mass is 262 g/mol. The number of nitrogens with two attached hydrogens (primary N) is 1. The quantitative estimate of drug-likeness (QED) is 0.572. The molecule has 96 valence electrons. The zero-order valence-corrected chi connectivity index (χ0v) is 10.5. The Balaban J connectivity index is 2.33. The van der Waals surface area contributed by atoms with Crippen molar-refractivity contribution in [2.45, 2.75) is 0 Å². The predicted octanol–water partition coefficient (Wildman–Crippen LogP) is 3.23. The first kappa shape index (κ1) is 11.0. The van der Waals surface area contributed by atoms with Crippen LogP contribution in [0.15, 0.2) is 52.9 Å². The summed E-state index contributed by atoms with van der Waals surface area (Å²) in [5.74, 6) is -0.534. The predicted molar refractivity (Wildman–Crippen MR) is 77.5 cm³/mol. The van der Waals surface area contributed by atoms with E-state index in [0.717, 1.165) is 16.4 Å². The van der Waals surface area contributed by atoms with Crippen LogP contribution in [-0.4, -0.2) is 10.9 Å². The molecule has 0 aliphatic rings. The van der Waals surface area contributed by atoms with E-state index in [4.69, 9.17) is 10.2 Å². The largest absolute Gasteiger partial charge is 0.454 e. The van der Waals surface area contributed by atoms with Gasteiger partial charge in [-0.2, -0.15) is 0 Å². The third-order valence-corrected chi connectivity index (χ3v) is 3.45. The molecule has 2 N–H and O–H groups in total. The summed E-state index contributed by atoms with van der Waals surface area (Å²) in [5, 5.41) is 2.45. The molecule has 4 rings (SSSR count). The minimum Gasteiger partial charge on any atom is -0.454 e. The fourth-order valence-corrected chi connectivity index (χ4v) is 2.57. The number of pyridine rings is 1. The Bertz CT molecular complexity index is 986. The summed E-state index contributed by atoms with van der Waals surface area (Å²) < 4.78 is 5.89. The minimum absolute atomic E-state index is 0.277. The van der Waals surface area contributed by atoms with Crippen LogP contribution in [0.4, 0.5) is 0 Å². The van der Waals surface area contributed by atoms with Gasteiger partial charge in [-0.05, 0) is 12.1 Å². The number of fused-ring (bicyclic) bond motifs is 5. The maximum absolute atomic E-state index is 11.6. The van der Waals surface area contributed by atoms with Crippen LogP contribution in [0.3, 0.4) is 0 Å². The summed E-state index contributed by atoms with van der Waals surface area (Å²) in [6.07, 6.45) is 0.